The second kappa shape index (κ2) is 8.47. The molecular weight excluding hydrogens is 363 g/mol. The van der Waals surface area contributed by atoms with E-state index in [2.05, 4.69) is 17.0 Å². The van der Waals surface area contributed by atoms with Crippen molar-refractivity contribution >= 4 is 17.6 Å². The van der Waals surface area contributed by atoms with Gasteiger partial charge in [-0.25, -0.2) is 9.18 Å². The lowest BCUT2D eigenvalue weighted by atomic mass is 9.72. The number of nitrogens with one attached hydrogen (secondary N) is 1. The Morgan fingerprint density at radius 3 is 2.68 bits per heavy atom. The fraction of sp³-hybridized carbons (Fsp3) is 0.619. The Bertz CT molecular complexity index is 733. The molecule has 1 aromatic carbocycles. The second-order valence-corrected chi connectivity index (χ2v) is 7.97. The molecule has 28 heavy (non-hydrogen) atoms. The van der Waals surface area contributed by atoms with Crippen molar-refractivity contribution in [2.75, 3.05) is 31.6 Å². The van der Waals surface area contributed by atoms with Gasteiger partial charge in [-0.3, -0.25) is 10.1 Å². The third-order valence-corrected chi connectivity index (χ3v) is 5.81. The highest BCUT2D eigenvalue weighted by Crippen LogP contribution is 2.42. The van der Waals surface area contributed by atoms with Crippen LogP contribution in [0.25, 0.3) is 0 Å². The van der Waals surface area contributed by atoms with E-state index in [4.69, 9.17) is 4.74 Å². The molecule has 0 saturated carbocycles. The van der Waals surface area contributed by atoms with Crippen LogP contribution in [-0.4, -0.2) is 44.9 Å². The molecule has 2 heterocycles. The minimum atomic E-state index is -0.688. The molecule has 7 heteroatoms. The van der Waals surface area contributed by atoms with Crippen LogP contribution in [0.3, 0.4) is 0 Å². The van der Waals surface area contributed by atoms with Crippen molar-refractivity contribution in [3.05, 3.63) is 29.6 Å². The molecule has 1 spiro atoms. The lowest BCUT2D eigenvalue weighted by Crippen LogP contribution is -2.77. The fourth-order valence-corrected chi connectivity index (χ4v) is 3.84. The average Bonchev–Trinajstić information content (AvgIpc) is 2.63. The number of carbonyl (C=O) groups is 2. The first-order valence-electron chi connectivity index (χ1n) is 9.97. The molecule has 0 radical (unpaired) electrons. The maximum atomic E-state index is 14.2. The van der Waals surface area contributed by atoms with Crippen LogP contribution in [-0.2, 0) is 14.3 Å². The van der Waals surface area contributed by atoms with E-state index in [1.54, 1.807) is 6.07 Å². The smallest absolute Gasteiger partial charge is 0.340 e. The van der Waals surface area contributed by atoms with Crippen LogP contribution >= 0.6 is 0 Å². The minimum absolute atomic E-state index is 0.0735. The van der Waals surface area contributed by atoms with Crippen LogP contribution in [0.5, 0.6) is 0 Å². The number of halogens is 1. The maximum Gasteiger partial charge on any atom is 0.340 e. The van der Waals surface area contributed by atoms with Crippen molar-refractivity contribution in [3.8, 4) is 0 Å². The van der Waals surface area contributed by atoms with Crippen LogP contribution in [0, 0.1) is 17.2 Å². The summed E-state index contributed by atoms with van der Waals surface area (Å²) in [6.45, 7) is 6.19. The number of hydrogen-bond acceptors (Lipinski definition) is 6. The highest BCUT2D eigenvalue weighted by atomic mass is 19.1. The van der Waals surface area contributed by atoms with Gasteiger partial charge < -0.3 is 14.4 Å². The van der Waals surface area contributed by atoms with Gasteiger partial charge in [-0.2, -0.15) is 0 Å². The van der Waals surface area contributed by atoms with Crippen molar-refractivity contribution in [3.63, 3.8) is 0 Å². The van der Waals surface area contributed by atoms with E-state index < -0.39 is 11.8 Å². The molecule has 6 nitrogen and oxygen atoms in total. The summed E-state index contributed by atoms with van der Waals surface area (Å²) < 4.78 is 24.4. The normalized spacial score (nSPS) is 20.9. The highest BCUT2D eigenvalue weighted by Gasteiger charge is 2.57. The predicted octanol–water partition coefficient (Wildman–Crippen LogP) is 3.11. The molecule has 1 N–H and O–H groups in total. The summed E-state index contributed by atoms with van der Waals surface area (Å²) in [5, 5.41) is 3.20. The molecule has 2 unspecified atom stereocenters. The molecule has 1 aromatic rings. The Morgan fingerprint density at radius 2 is 2.11 bits per heavy atom. The number of rotatable bonds is 8. The van der Waals surface area contributed by atoms with Crippen LogP contribution in [0.15, 0.2) is 18.2 Å². The largest absolute Gasteiger partial charge is 0.465 e. The third kappa shape index (κ3) is 3.99. The molecule has 0 aromatic heterocycles. The van der Waals surface area contributed by atoms with Crippen molar-refractivity contribution in [1.82, 2.24) is 5.32 Å². The summed E-state index contributed by atoms with van der Waals surface area (Å²) in [6.07, 6.45) is 3.86. The molecule has 0 bridgehead atoms. The van der Waals surface area contributed by atoms with Crippen LogP contribution in [0.2, 0.25) is 0 Å². The standard InChI is InChI=1S/C21H29FN2O4/c1-4-5-6-7-14(2)18(25)28-20-21(11-23-20)12-24(13-21)15-8-9-16(17(22)10-15)19(26)27-3/h8-10,14,20,23H,4-7,11-13H2,1-3H3. The van der Waals surface area contributed by atoms with Gasteiger partial charge in [0, 0.05) is 25.3 Å². The SMILES string of the molecule is CCCCCC(C)C(=O)OC1NCC12CN(c1ccc(C(=O)OC)c(F)c1)C2. The Morgan fingerprint density at radius 1 is 1.36 bits per heavy atom. The van der Waals surface area contributed by atoms with E-state index in [1.807, 2.05) is 11.8 Å². The zero-order chi connectivity index (χ0) is 20.3. The van der Waals surface area contributed by atoms with Crippen molar-refractivity contribution in [2.24, 2.45) is 11.3 Å². The topological polar surface area (TPSA) is 67.9 Å². The molecule has 0 amide bonds. The first kappa shape index (κ1) is 20.6. The molecule has 2 atom stereocenters. The van der Waals surface area contributed by atoms with Gasteiger partial charge in [-0.1, -0.05) is 33.1 Å². The molecule has 2 aliphatic rings. The number of nitrogens with zero attached hydrogens (tertiary/aromatic N) is 1. The van der Waals surface area contributed by atoms with Gasteiger partial charge in [0.2, 0.25) is 0 Å². The van der Waals surface area contributed by atoms with Crippen LogP contribution < -0.4 is 10.2 Å². The van der Waals surface area contributed by atoms with E-state index >= 15 is 0 Å². The molecule has 2 fully saturated rings. The monoisotopic (exact) mass is 392 g/mol. The number of unbranched alkanes of at least 4 members (excludes halogenated alkanes) is 2. The number of ether oxygens (including phenoxy) is 2. The molecule has 2 aliphatic heterocycles. The first-order chi connectivity index (χ1) is 13.4. The number of anilines is 1. The fourth-order valence-electron chi connectivity index (χ4n) is 3.84. The molecular formula is C21H29FN2O4. The van der Waals surface area contributed by atoms with E-state index in [-0.39, 0.29) is 29.1 Å². The van der Waals surface area contributed by atoms with Crippen molar-refractivity contribution in [2.45, 2.75) is 45.8 Å². The van der Waals surface area contributed by atoms with E-state index in [1.165, 1.54) is 19.2 Å². The van der Waals surface area contributed by atoms with E-state index in [0.29, 0.717) is 18.8 Å². The molecule has 3 rings (SSSR count). The maximum absolute atomic E-state index is 14.2. The summed E-state index contributed by atoms with van der Waals surface area (Å²) >= 11 is 0. The van der Waals surface area contributed by atoms with Crippen molar-refractivity contribution < 1.29 is 23.5 Å². The van der Waals surface area contributed by atoms with E-state index in [9.17, 15) is 14.0 Å². The van der Waals surface area contributed by atoms with Gasteiger partial charge in [0.05, 0.1) is 24.0 Å². The Hall–Kier alpha value is -2.15. The molecule has 0 aliphatic carbocycles. The third-order valence-electron chi connectivity index (χ3n) is 5.81. The number of esters is 2. The molecule has 154 valence electrons. The summed E-state index contributed by atoms with van der Waals surface area (Å²) in [7, 11) is 1.23. The number of hydrogen-bond donors (Lipinski definition) is 1. The Balaban J connectivity index is 1.53. The molecule has 2 saturated heterocycles. The lowest BCUT2D eigenvalue weighted by molar-refractivity contribution is -0.180. The number of benzene rings is 1. The predicted molar refractivity (Wildman–Crippen MR) is 104 cm³/mol. The summed E-state index contributed by atoms with van der Waals surface area (Å²) in [4.78, 5) is 25.9. The van der Waals surface area contributed by atoms with Gasteiger partial charge in [0.1, 0.15) is 5.82 Å². The van der Waals surface area contributed by atoms with E-state index in [0.717, 1.165) is 32.2 Å². The van der Waals surface area contributed by atoms with Crippen LogP contribution in [0.1, 0.15) is 49.9 Å². The average molecular weight is 392 g/mol. The minimum Gasteiger partial charge on any atom is -0.465 e. The first-order valence-corrected chi connectivity index (χ1v) is 9.97. The Labute approximate surface area is 165 Å². The van der Waals surface area contributed by atoms with Gasteiger partial charge in [-0.05, 0) is 24.6 Å². The summed E-state index contributed by atoms with van der Waals surface area (Å²) in [5.41, 5.74) is 0.521. The van der Waals surface area contributed by atoms with Gasteiger partial charge in [0.15, 0.2) is 6.23 Å². The highest BCUT2D eigenvalue weighted by molar-refractivity contribution is 5.90. The zero-order valence-corrected chi connectivity index (χ0v) is 16.8. The Kier molecular flexibility index (Phi) is 6.23. The quantitative estimate of drug-likeness (QED) is 0.542. The lowest BCUT2D eigenvalue weighted by Gasteiger charge is -2.60. The van der Waals surface area contributed by atoms with Gasteiger partial charge >= 0.3 is 11.9 Å². The summed E-state index contributed by atoms with van der Waals surface area (Å²) in [5.74, 6) is -1.53. The summed E-state index contributed by atoms with van der Waals surface area (Å²) in [6, 6.07) is 4.50. The van der Waals surface area contributed by atoms with Gasteiger partial charge in [0.25, 0.3) is 0 Å². The zero-order valence-electron chi connectivity index (χ0n) is 16.8. The number of methoxy groups -OCH3 is 1. The van der Waals surface area contributed by atoms with Gasteiger partial charge in [-0.15, -0.1) is 0 Å². The van der Waals surface area contributed by atoms with Crippen molar-refractivity contribution in [1.29, 1.82) is 0 Å². The number of carbonyl (C=O) groups excluding carboxylic acids is 2. The second-order valence-electron chi connectivity index (χ2n) is 7.97. The van der Waals surface area contributed by atoms with Crippen LogP contribution in [0.4, 0.5) is 10.1 Å².